The van der Waals surface area contributed by atoms with Crippen LogP contribution in [0.4, 0.5) is 9.59 Å². The minimum absolute atomic E-state index is 0.0863. The number of esters is 2. The van der Waals surface area contributed by atoms with Gasteiger partial charge in [-0.15, -0.1) is 0 Å². The summed E-state index contributed by atoms with van der Waals surface area (Å²) in [6.45, 7) is 9.95. The van der Waals surface area contributed by atoms with Crippen LogP contribution in [0.25, 0.3) is 0 Å². The second kappa shape index (κ2) is 28.0. The molecule has 4 aromatic rings. The van der Waals surface area contributed by atoms with Crippen molar-refractivity contribution in [3.05, 3.63) is 119 Å². The largest absolute Gasteiger partial charge is 0.464 e. The molecule has 22 heteroatoms. The molecule has 2 N–H and O–H groups in total. The molecule has 4 amide bonds. The number of carbonyl (C=O) groups is 6. The van der Waals surface area contributed by atoms with Gasteiger partial charge in [-0.05, 0) is 126 Å². The molecule has 0 spiro atoms. The van der Waals surface area contributed by atoms with Crippen molar-refractivity contribution in [3.8, 4) is 11.5 Å². The summed E-state index contributed by atoms with van der Waals surface area (Å²) in [7, 11) is -2.04. The maximum atomic E-state index is 14.0. The van der Waals surface area contributed by atoms with Gasteiger partial charge in [-0.1, -0.05) is 73.0 Å². The Morgan fingerprint density at radius 1 is 0.688 bits per heavy atom. The summed E-state index contributed by atoms with van der Waals surface area (Å²) in [5.74, 6) is -2.05. The number of hydrogen-bond acceptors (Lipinski definition) is 15. The molecular weight excluding hydrogens is 1030 g/mol. The molecule has 0 saturated carbocycles. The SMILES string of the molecule is CCCCOC(=O)[C@H](Cc1ccc(OC(=O)N(C)C)cc1)N(C(=O)[C@@H]1CCCN1)S(=O)(=O)c1ccc(C)cc1.Cc1ccc(S(=O)(=O)N2CCC[C@H]2C(=O)N[C@@H](Cc2ccc(OC(=O)N(C)C)cc2)C(=O)OC(C)C)cc1. The van der Waals surface area contributed by atoms with E-state index in [-0.39, 0.29) is 41.5 Å². The van der Waals surface area contributed by atoms with E-state index in [4.69, 9.17) is 18.9 Å². The zero-order valence-corrected chi connectivity index (χ0v) is 46.9. The second-order valence-electron chi connectivity index (χ2n) is 19.5. The first-order chi connectivity index (χ1) is 36.4. The average molecular weight is 1110 g/mol. The molecule has 0 unspecified atom stereocenters. The number of nitrogens with zero attached hydrogens (tertiary/aromatic N) is 4. The predicted octanol–water partition coefficient (Wildman–Crippen LogP) is 6.17. The third-order valence-electron chi connectivity index (χ3n) is 12.4. The highest BCUT2D eigenvalue weighted by molar-refractivity contribution is 7.89. The highest BCUT2D eigenvalue weighted by Crippen LogP contribution is 2.29. The van der Waals surface area contributed by atoms with Crippen LogP contribution in [-0.2, 0) is 61.5 Å². The fourth-order valence-electron chi connectivity index (χ4n) is 8.13. The smallest absolute Gasteiger partial charge is 0.414 e. The first kappa shape index (κ1) is 61.0. The van der Waals surface area contributed by atoms with Gasteiger partial charge in [0.1, 0.15) is 29.6 Å². The lowest BCUT2D eigenvalue weighted by molar-refractivity contribution is -0.152. The molecular formula is C55H72N6O14S2. The van der Waals surface area contributed by atoms with E-state index in [0.717, 1.165) is 17.5 Å². The second-order valence-corrected chi connectivity index (χ2v) is 23.2. The third-order valence-corrected chi connectivity index (χ3v) is 16.1. The molecule has 2 saturated heterocycles. The number of hydrogen-bond donors (Lipinski definition) is 2. The first-order valence-electron chi connectivity index (χ1n) is 25.5. The Hall–Kier alpha value is -6.88. The lowest BCUT2D eigenvalue weighted by Gasteiger charge is -2.31. The fourth-order valence-corrected chi connectivity index (χ4v) is 11.4. The van der Waals surface area contributed by atoms with Gasteiger partial charge in [0.05, 0.1) is 28.5 Å². The van der Waals surface area contributed by atoms with Gasteiger partial charge in [0.15, 0.2) is 0 Å². The summed E-state index contributed by atoms with van der Waals surface area (Å²) in [5, 5.41) is 5.78. The molecule has 77 heavy (non-hydrogen) atoms. The van der Waals surface area contributed by atoms with Crippen LogP contribution < -0.4 is 20.1 Å². The number of sulfonamides is 2. The zero-order chi connectivity index (χ0) is 56.6. The van der Waals surface area contributed by atoms with Crippen LogP contribution in [0, 0.1) is 13.8 Å². The standard InChI is InChI=1S/C28H37N3O7S.C27H35N3O7S/c1-5-6-18-37-27(33)25(19-21-11-13-22(14-12-21)38-28(34)30(3)4)31(26(32)24-8-7-17-29-24)39(35,36)23-15-9-20(2)10-16-23;1-18(2)36-26(32)23(17-20-10-12-21(13-11-20)37-27(33)29(4)5)28-25(31)24-7-6-16-30(24)38(34,35)22-14-8-19(3)9-15-22/h9-16,24-25,29H,5-8,17-19H2,1-4H3;8-15,18,23-24H,6-7,16-17H2,1-5H3,(H,28,31)/t24-,25-;23-,24-/m00/s1. The molecule has 0 bridgehead atoms. The van der Waals surface area contributed by atoms with Crippen LogP contribution in [0.2, 0.25) is 0 Å². The molecule has 2 aliphatic heterocycles. The Bertz CT molecular complexity index is 2880. The number of carbonyl (C=O) groups excluding carboxylic acids is 6. The van der Waals surface area contributed by atoms with E-state index in [2.05, 4.69) is 10.6 Å². The van der Waals surface area contributed by atoms with Crippen LogP contribution >= 0.6 is 0 Å². The molecule has 2 fully saturated rings. The normalized spacial score (nSPS) is 16.2. The van der Waals surface area contributed by atoms with Gasteiger partial charge in [0, 0.05) is 47.6 Å². The Kier molecular flexibility index (Phi) is 22.1. The third kappa shape index (κ3) is 17.1. The summed E-state index contributed by atoms with van der Waals surface area (Å²) in [6, 6.07) is 21.4. The van der Waals surface area contributed by atoms with Crippen LogP contribution in [-0.4, -0.2) is 149 Å². The van der Waals surface area contributed by atoms with Crippen molar-refractivity contribution >= 4 is 56.0 Å². The Labute approximate surface area is 452 Å². The van der Waals surface area contributed by atoms with Gasteiger partial charge < -0.3 is 39.4 Å². The van der Waals surface area contributed by atoms with Crippen molar-refractivity contribution in [1.82, 2.24) is 29.0 Å². The summed E-state index contributed by atoms with van der Waals surface area (Å²) in [4.78, 5) is 79.6. The maximum absolute atomic E-state index is 14.0. The van der Waals surface area contributed by atoms with E-state index in [9.17, 15) is 45.6 Å². The van der Waals surface area contributed by atoms with Crippen molar-refractivity contribution in [2.75, 3.05) is 47.9 Å². The highest BCUT2D eigenvalue weighted by Gasteiger charge is 2.44. The zero-order valence-electron chi connectivity index (χ0n) is 45.2. The van der Waals surface area contributed by atoms with E-state index in [1.54, 1.807) is 115 Å². The molecule has 20 nitrogen and oxygen atoms in total. The topological polar surface area (TPSA) is 245 Å². The van der Waals surface area contributed by atoms with Crippen molar-refractivity contribution in [2.24, 2.45) is 0 Å². The lowest BCUT2D eigenvalue weighted by Crippen LogP contribution is -2.55. The van der Waals surface area contributed by atoms with Gasteiger partial charge in [0.25, 0.3) is 15.9 Å². The minimum atomic E-state index is -4.41. The van der Waals surface area contributed by atoms with Crippen LogP contribution in [0.15, 0.2) is 107 Å². The number of aryl methyl sites for hydroxylation is 2. The first-order valence-corrected chi connectivity index (χ1v) is 28.4. The number of nitrogens with one attached hydrogen (secondary N) is 2. The van der Waals surface area contributed by atoms with Gasteiger partial charge in [-0.25, -0.2) is 40.3 Å². The van der Waals surface area contributed by atoms with E-state index in [1.165, 1.54) is 38.4 Å². The molecule has 418 valence electrons. The van der Waals surface area contributed by atoms with Crippen molar-refractivity contribution < 1.29 is 64.6 Å². The van der Waals surface area contributed by atoms with Gasteiger partial charge in [-0.3, -0.25) is 9.59 Å². The molecule has 2 aliphatic rings. The predicted molar refractivity (Wildman–Crippen MR) is 287 cm³/mol. The van der Waals surface area contributed by atoms with Crippen molar-refractivity contribution in [1.29, 1.82) is 0 Å². The molecule has 4 atom stereocenters. The molecule has 2 heterocycles. The lowest BCUT2D eigenvalue weighted by atomic mass is 10.0. The summed E-state index contributed by atoms with van der Waals surface area (Å²) < 4.78 is 77.7. The van der Waals surface area contributed by atoms with Gasteiger partial charge in [0.2, 0.25) is 15.9 Å². The quantitative estimate of drug-likeness (QED) is 0.0743. The average Bonchev–Trinajstić information content (AvgIpc) is 4.12. The number of ether oxygens (including phenoxy) is 4. The minimum Gasteiger partial charge on any atom is -0.464 e. The van der Waals surface area contributed by atoms with Crippen LogP contribution in [0.1, 0.15) is 81.5 Å². The monoisotopic (exact) mass is 1100 g/mol. The van der Waals surface area contributed by atoms with Crippen molar-refractivity contribution in [3.63, 3.8) is 0 Å². The molecule has 6 rings (SSSR count). The number of rotatable bonds is 20. The highest BCUT2D eigenvalue weighted by atomic mass is 32.2. The summed E-state index contributed by atoms with van der Waals surface area (Å²) in [6.07, 6.45) is 1.94. The number of unbranched alkanes of at least 4 members (excludes halogenated alkanes) is 1. The van der Waals surface area contributed by atoms with Gasteiger partial charge in [-0.2, -0.15) is 4.31 Å². The van der Waals surface area contributed by atoms with E-state index >= 15 is 0 Å². The van der Waals surface area contributed by atoms with E-state index in [1.807, 2.05) is 20.8 Å². The number of amides is 4. The fraction of sp³-hybridized carbons (Fsp3) is 0.455. The number of benzene rings is 4. The Morgan fingerprint density at radius 3 is 1.69 bits per heavy atom. The Morgan fingerprint density at radius 2 is 1.21 bits per heavy atom. The molecule has 4 aromatic carbocycles. The van der Waals surface area contributed by atoms with Crippen molar-refractivity contribution in [2.45, 2.75) is 126 Å². The molecule has 0 aliphatic carbocycles. The maximum Gasteiger partial charge on any atom is 0.414 e. The van der Waals surface area contributed by atoms with E-state index < -0.39 is 86.3 Å². The summed E-state index contributed by atoms with van der Waals surface area (Å²) in [5.41, 5.74) is 3.04. The Balaban J connectivity index is 0.000000284. The van der Waals surface area contributed by atoms with Crippen LogP contribution in [0.3, 0.4) is 0 Å². The van der Waals surface area contributed by atoms with Crippen LogP contribution in [0.5, 0.6) is 11.5 Å². The molecule has 0 radical (unpaired) electrons. The summed E-state index contributed by atoms with van der Waals surface area (Å²) >= 11 is 0. The van der Waals surface area contributed by atoms with E-state index in [0.29, 0.717) is 59.8 Å². The van der Waals surface area contributed by atoms with Gasteiger partial charge >= 0.3 is 24.1 Å². The molecule has 0 aromatic heterocycles.